The minimum atomic E-state index is -0.0117. The summed E-state index contributed by atoms with van der Waals surface area (Å²) in [7, 11) is 0. The highest BCUT2D eigenvalue weighted by atomic mass is 16.2. The molecule has 3 rings (SSSR count). The number of benzene rings is 2. The van der Waals surface area contributed by atoms with E-state index in [0.717, 1.165) is 30.6 Å². The molecule has 0 fully saturated rings. The lowest BCUT2D eigenvalue weighted by molar-refractivity contribution is 0.217. The van der Waals surface area contributed by atoms with Crippen molar-refractivity contribution in [2.75, 3.05) is 18.4 Å². The highest BCUT2D eigenvalue weighted by molar-refractivity contribution is 5.91. The van der Waals surface area contributed by atoms with Crippen molar-refractivity contribution in [3.8, 4) is 0 Å². The van der Waals surface area contributed by atoms with E-state index in [-0.39, 0.29) is 6.03 Å². The van der Waals surface area contributed by atoms with E-state index in [4.69, 9.17) is 0 Å². The first-order valence-electron chi connectivity index (χ1n) is 8.58. The van der Waals surface area contributed by atoms with E-state index in [1.807, 2.05) is 30.0 Å². The van der Waals surface area contributed by atoms with E-state index in [0.29, 0.717) is 6.54 Å². The van der Waals surface area contributed by atoms with Crippen LogP contribution in [0.3, 0.4) is 0 Å². The summed E-state index contributed by atoms with van der Waals surface area (Å²) < 4.78 is 0. The summed E-state index contributed by atoms with van der Waals surface area (Å²) >= 11 is 0. The Morgan fingerprint density at radius 3 is 2.58 bits per heavy atom. The summed E-state index contributed by atoms with van der Waals surface area (Å²) in [6.45, 7) is 5.56. The van der Waals surface area contributed by atoms with Gasteiger partial charge in [0.15, 0.2) is 0 Å². The lowest BCUT2D eigenvalue weighted by Gasteiger charge is -2.27. The molecule has 2 aromatic rings. The molecule has 124 valence electrons. The highest BCUT2D eigenvalue weighted by Gasteiger charge is 2.19. The number of rotatable bonds is 3. The fourth-order valence-electron chi connectivity index (χ4n) is 3.16. The third-order valence-electron chi connectivity index (χ3n) is 4.61. The van der Waals surface area contributed by atoms with Gasteiger partial charge in [-0.3, -0.25) is 0 Å². The molecule has 0 spiro atoms. The van der Waals surface area contributed by atoms with Crippen molar-refractivity contribution < 1.29 is 4.79 Å². The summed E-state index contributed by atoms with van der Waals surface area (Å²) in [5.41, 5.74) is 5.83. The maximum atomic E-state index is 12.6. The normalized spacial score (nSPS) is 14.2. The van der Waals surface area contributed by atoms with Crippen molar-refractivity contribution in [1.82, 2.24) is 4.90 Å². The van der Waals surface area contributed by atoms with Gasteiger partial charge < -0.3 is 10.2 Å². The minimum absolute atomic E-state index is 0.0117. The molecule has 1 N–H and O–H groups in total. The van der Waals surface area contributed by atoms with Crippen molar-refractivity contribution in [3.63, 3.8) is 0 Å². The molecule has 0 radical (unpaired) electrons. The predicted octanol–water partition coefficient (Wildman–Crippen LogP) is 4.88. The van der Waals surface area contributed by atoms with Crippen LogP contribution in [0.15, 0.2) is 54.6 Å². The zero-order valence-corrected chi connectivity index (χ0v) is 14.4. The zero-order chi connectivity index (χ0) is 16.9. The van der Waals surface area contributed by atoms with Crippen LogP contribution in [0, 0.1) is 6.92 Å². The van der Waals surface area contributed by atoms with Gasteiger partial charge in [-0.05, 0) is 42.0 Å². The number of carbonyl (C=O) groups excluding carboxylic acids is 1. The van der Waals surface area contributed by atoms with Crippen molar-refractivity contribution >= 4 is 17.3 Å². The van der Waals surface area contributed by atoms with Gasteiger partial charge in [-0.2, -0.15) is 0 Å². The van der Waals surface area contributed by atoms with Gasteiger partial charge in [-0.15, -0.1) is 0 Å². The SMILES string of the molecule is CCc1cccc(C)c1NC(=O)N1CC=C(c2ccccc2)CC1. The first-order valence-corrected chi connectivity index (χ1v) is 8.58. The minimum Gasteiger partial charge on any atom is -0.320 e. The van der Waals surface area contributed by atoms with Crippen LogP contribution in [0.5, 0.6) is 0 Å². The molecule has 0 unspecified atom stereocenters. The monoisotopic (exact) mass is 320 g/mol. The van der Waals surface area contributed by atoms with Crippen LogP contribution in [0.4, 0.5) is 10.5 Å². The van der Waals surface area contributed by atoms with E-state index in [9.17, 15) is 4.79 Å². The highest BCUT2D eigenvalue weighted by Crippen LogP contribution is 2.24. The van der Waals surface area contributed by atoms with Crippen LogP contribution in [0.2, 0.25) is 0 Å². The van der Waals surface area contributed by atoms with Gasteiger partial charge in [0.05, 0.1) is 0 Å². The average Bonchev–Trinajstić information content (AvgIpc) is 2.64. The second-order valence-corrected chi connectivity index (χ2v) is 6.18. The largest absolute Gasteiger partial charge is 0.322 e. The number of amides is 2. The van der Waals surface area contributed by atoms with Crippen molar-refractivity contribution in [2.45, 2.75) is 26.7 Å². The van der Waals surface area contributed by atoms with Gasteiger partial charge in [0.25, 0.3) is 0 Å². The van der Waals surface area contributed by atoms with Crippen LogP contribution in [-0.2, 0) is 6.42 Å². The van der Waals surface area contributed by atoms with Crippen LogP contribution < -0.4 is 5.32 Å². The van der Waals surface area contributed by atoms with Crippen LogP contribution in [0.25, 0.3) is 5.57 Å². The number of carbonyl (C=O) groups is 1. The number of para-hydroxylation sites is 1. The van der Waals surface area contributed by atoms with Crippen LogP contribution in [0.1, 0.15) is 30.0 Å². The number of urea groups is 1. The molecule has 0 saturated heterocycles. The topological polar surface area (TPSA) is 32.3 Å². The second-order valence-electron chi connectivity index (χ2n) is 6.18. The Balaban J connectivity index is 1.69. The Labute approximate surface area is 144 Å². The first-order chi connectivity index (χ1) is 11.7. The number of nitrogens with one attached hydrogen (secondary N) is 1. The van der Waals surface area contributed by atoms with Crippen LogP contribution in [-0.4, -0.2) is 24.0 Å². The zero-order valence-electron chi connectivity index (χ0n) is 14.4. The smallest absolute Gasteiger partial charge is 0.320 e. The fourth-order valence-corrected chi connectivity index (χ4v) is 3.16. The molecule has 0 aromatic heterocycles. The molecule has 0 atom stereocenters. The van der Waals surface area contributed by atoms with Crippen molar-refractivity contribution in [3.05, 3.63) is 71.3 Å². The molecule has 3 heteroatoms. The van der Waals surface area contributed by atoms with Gasteiger partial charge >= 0.3 is 6.03 Å². The number of anilines is 1. The third-order valence-corrected chi connectivity index (χ3v) is 4.61. The second kappa shape index (κ2) is 7.35. The molecule has 1 heterocycles. The van der Waals surface area contributed by atoms with Gasteiger partial charge in [0, 0.05) is 18.8 Å². The van der Waals surface area contributed by atoms with Gasteiger partial charge in [-0.1, -0.05) is 61.5 Å². The molecule has 1 aliphatic rings. The molecular weight excluding hydrogens is 296 g/mol. The van der Waals surface area contributed by atoms with E-state index in [1.54, 1.807) is 0 Å². The van der Waals surface area contributed by atoms with E-state index in [1.165, 1.54) is 16.7 Å². The Morgan fingerprint density at radius 2 is 1.92 bits per heavy atom. The Kier molecular flexibility index (Phi) is 4.99. The third kappa shape index (κ3) is 3.51. The molecule has 2 amide bonds. The standard InChI is InChI=1S/C21H24N2O/c1-3-17-11-7-8-16(2)20(17)22-21(24)23-14-12-19(13-15-23)18-9-5-4-6-10-18/h4-12H,3,13-15H2,1-2H3,(H,22,24). The van der Waals surface area contributed by atoms with E-state index < -0.39 is 0 Å². The lowest BCUT2D eigenvalue weighted by atomic mass is 10.00. The Hall–Kier alpha value is -2.55. The Morgan fingerprint density at radius 1 is 1.12 bits per heavy atom. The molecule has 0 aliphatic carbocycles. The molecule has 24 heavy (non-hydrogen) atoms. The summed E-state index contributed by atoms with van der Waals surface area (Å²) in [5, 5.41) is 3.11. The lowest BCUT2D eigenvalue weighted by Crippen LogP contribution is -2.38. The molecule has 1 aliphatic heterocycles. The van der Waals surface area contributed by atoms with E-state index >= 15 is 0 Å². The van der Waals surface area contributed by atoms with Crippen molar-refractivity contribution in [1.29, 1.82) is 0 Å². The molecular formula is C21H24N2O. The van der Waals surface area contributed by atoms with Gasteiger partial charge in [0.1, 0.15) is 0 Å². The molecule has 0 bridgehead atoms. The maximum absolute atomic E-state index is 12.6. The van der Waals surface area contributed by atoms with Crippen molar-refractivity contribution in [2.24, 2.45) is 0 Å². The molecule has 0 saturated carbocycles. The molecule has 2 aromatic carbocycles. The summed E-state index contributed by atoms with van der Waals surface area (Å²) in [6, 6.07) is 16.5. The van der Waals surface area contributed by atoms with Crippen LogP contribution >= 0.6 is 0 Å². The fraction of sp³-hybridized carbons (Fsp3) is 0.286. The van der Waals surface area contributed by atoms with Gasteiger partial charge in [0.2, 0.25) is 0 Å². The predicted molar refractivity (Wildman–Crippen MR) is 100 cm³/mol. The number of nitrogens with zero attached hydrogens (tertiary/aromatic N) is 1. The number of hydrogen-bond acceptors (Lipinski definition) is 1. The molecule has 3 nitrogen and oxygen atoms in total. The average molecular weight is 320 g/mol. The Bertz CT molecular complexity index is 750. The van der Waals surface area contributed by atoms with Gasteiger partial charge in [-0.25, -0.2) is 4.79 Å². The van der Waals surface area contributed by atoms with E-state index in [2.05, 4.69) is 48.6 Å². The first kappa shape index (κ1) is 16.3. The summed E-state index contributed by atoms with van der Waals surface area (Å²) in [6.07, 6.45) is 3.97. The summed E-state index contributed by atoms with van der Waals surface area (Å²) in [4.78, 5) is 14.5. The number of hydrogen-bond donors (Lipinski definition) is 1. The number of aryl methyl sites for hydroxylation is 2. The maximum Gasteiger partial charge on any atom is 0.322 e. The quantitative estimate of drug-likeness (QED) is 0.859. The summed E-state index contributed by atoms with van der Waals surface area (Å²) in [5.74, 6) is 0.